The summed E-state index contributed by atoms with van der Waals surface area (Å²) in [5.41, 5.74) is 1.50. The highest BCUT2D eigenvalue weighted by molar-refractivity contribution is 6.03. The Morgan fingerprint density at radius 2 is 1.85 bits per heavy atom. The molecule has 2 aliphatic rings. The molecule has 1 aromatic heterocycles. The van der Waals surface area contributed by atoms with Gasteiger partial charge in [-0.25, -0.2) is 9.40 Å². The summed E-state index contributed by atoms with van der Waals surface area (Å²) in [5, 5.41) is 6.05. The number of halogens is 1. The molecule has 10 heteroatoms. The summed E-state index contributed by atoms with van der Waals surface area (Å²) in [6, 6.07) is 16.4. The fourth-order valence-electron chi connectivity index (χ4n) is 4.78. The molecule has 39 heavy (non-hydrogen) atoms. The van der Waals surface area contributed by atoms with E-state index in [1.54, 1.807) is 31.6 Å². The summed E-state index contributed by atoms with van der Waals surface area (Å²) in [5.74, 6) is -0.235. The van der Waals surface area contributed by atoms with Gasteiger partial charge in [0.1, 0.15) is 29.9 Å². The van der Waals surface area contributed by atoms with Gasteiger partial charge in [0.25, 0.3) is 11.8 Å². The van der Waals surface area contributed by atoms with Crippen LogP contribution in [0.25, 0.3) is 0 Å². The molecule has 2 aromatic carbocycles. The van der Waals surface area contributed by atoms with Crippen LogP contribution >= 0.6 is 0 Å². The lowest BCUT2D eigenvalue weighted by atomic mass is 10.0. The predicted octanol–water partition coefficient (Wildman–Crippen LogP) is 3.58. The molecular weight excluding hydrogens is 503 g/mol. The van der Waals surface area contributed by atoms with Crippen LogP contribution in [0.15, 0.2) is 76.4 Å². The Hall–Kier alpha value is -4.02. The van der Waals surface area contributed by atoms with E-state index in [1.165, 1.54) is 28.1 Å². The maximum atomic E-state index is 14.6. The monoisotopic (exact) mass is 534 g/mol. The molecule has 0 spiro atoms. The number of rotatable bonds is 9. The van der Waals surface area contributed by atoms with Crippen molar-refractivity contribution in [3.8, 4) is 5.75 Å². The van der Waals surface area contributed by atoms with Crippen molar-refractivity contribution in [2.75, 3.05) is 53.0 Å². The molecule has 0 saturated carbocycles. The van der Waals surface area contributed by atoms with Crippen molar-refractivity contribution in [3.63, 3.8) is 0 Å². The zero-order chi connectivity index (χ0) is 27.2. The number of carbonyl (C=O) groups excluding carboxylic acids is 2. The highest BCUT2D eigenvalue weighted by Crippen LogP contribution is 2.33. The summed E-state index contributed by atoms with van der Waals surface area (Å²) >= 11 is 0. The van der Waals surface area contributed by atoms with E-state index in [1.807, 2.05) is 24.3 Å². The largest absolute Gasteiger partial charge is 0.497 e. The van der Waals surface area contributed by atoms with Gasteiger partial charge in [-0.3, -0.25) is 14.5 Å². The molecule has 5 rings (SSSR count). The molecule has 0 bridgehead atoms. The summed E-state index contributed by atoms with van der Waals surface area (Å²) in [4.78, 5) is 30.8. The Morgan fingerprint density at radius 1 is 1.08 bits per heavy atom. The van der Waals surface area contributed by atoms with Crippen molar-refractivity contribution < 1.29 is 27.9 Å². The Kier molecular flexibility index (Phi) is 8.33. The van der Waals surface area contributed by atoms with Crippen LogP contribution in [-0.2, 0) is 9.53 Å². The van der Waals surface area contributed by atoms with Gasteiger partial charge in [-0.1, -0.05) is 12.1 Å². The molecule has 0 N–H and O–H groups in total. The van der Waals surface area contributed by atoms with E-state index in [0.29, 0.717) is 37.7 Å². The lowest BCUT2D eigenvalue weighted by Gasteiger charge is -2.31. The SMILES string of the molecule is COc1ccc(C2=NN(C(=O)CN(CCN3CCOCC3)C(=O)c3ccccc3F)[C@@H](c3ccco3)C2)cc1. The van der Waals surface area contributed by atoms with Crippen molar-refractivity contribution in [1.82, 2.24) is 14.8 Å². The molecule has 1 saturated heterocycles. The van der Waals surface area contributed by atoms with Crippen LogP contribution in [0.4, 0.5) is 4.39 Å². The summed E-state index contributed by atoms with van der Waals surface area (Å²) < 4.78 is 30.9. The number of hydrogen-bond donors (Lipinski definition) is 0. The number of hydrazone groups is 1. The second kappa shape index (κ2) is 12.2. The van der Waals surface area contributed by atoms with E-state index in [9.17, 15) is 14.0 Å². The zero-order valence-electron chi connectivity index (χ0n) is 21.8. The first kappa shape index (κ1) is 26.6. The van der Waals surface area contributed by atoms with Crippen molar-refractivity contribution in [2.24, 2.45) is 5.10 Å². The van der Waals surface area contributed by atoms with Gasteiger partial charge in [-0.05, 0) is 54.1 Å². The third-order valence-corrected chi connectivity index (χ3v) is 6.97. The molecule has 3 aromatic rings. The second-order valence-electron chi connectivity index (χ2n) is 9.41. The minimum Gasteiger partial charge on any atom is -0.497 e. The molecule has 2 amide bonds. The number of amides is 2. The Bertz CT molecular complexity index is 1310. The summed E-state index contributed by atoms with van der Waals surface area (Å²) in [6.45, 7) is 3.24. The van der Waals surface area contributed by atoms with Gasteiger partial charge in [0.05, 0.1) is 37.9 Å². The first-order valence-corrected chi connectivity index (χ1v) is 12.9. The normalized spacial score (nSPS) is 17.6. The van der Waals surface area contributed by atoms with Crippen molar-refractivity contribution in [1.29, 1.82) is 0 Å². The maximum absolute atomic E-state index is 14.6. The van der Waals surface area contributed by atoms with E-state index in [-0.39, 0.29) is 24.6 Å². The molecule has 0 unspecified atom stereocenters. The number of methoxy groups -OCH3 is 1. The van der Waals surface area contributed by atoms with Crippen LogP contribution < -0.4 is 4.74 Å². The number of morpholine rings is 1. The molecule has 9 nitrogen and oxygen atoms in total. The van der Waals surface area contributed by atoms with Gasteiger partial charge in [0, 0.05) is 32.6 Å². The van der Waals surface area contributed by atoms with E-state index < -0.39 is 17.8 Å². The van der Waals surface area contributed by atoms with Crippen LogP contribution in [0.1, 0.15) is 34.1 Å². The number of carbonyl (C=O) groups is 2. The zero-order valence-corrected chi connectivity index (χ0v) is 21.8. The van der Waals surface area contributed by atoms with Gasteiger partial charge in [-0.15, -0.1) is 0 Å². The van der Waals surface area contributed by atoms with Crippen LogP contribution in [0.5, 0.6) is 5.75 Å². The van der Waals surface area contributed by atoms with E-state index in [2.05, 4.69) is 10.0 Å². The number of benzene rings is 2. The highest BCUT2D eigenvalue weighted by atomic mass is 19.1. The minimum absolute atomic E-state index is 0.0706. The van der Waals surface area contributed by atoms with Crippen LogP contribution in [-0.4, -0.2) is 85.4 Å². The second-order valence-corrected chi connectivity index (χ2v) is 9.41. The lowest BCUT2D eigenvalue weighted by Crippen LogP contribution is -2.46. The van der Waals surface area contributed by atoms with Crippen LogP contribution in [0.2, 0.25) is 0 Å². The molecule has 3 heterocycles. The average Bonchev–Trinajstić information content (AvgIpc) is 3.66. The van der Waals surface area contributed by atoms with Crippen molar-refractivity contribution in [3.05, 3.63) is 89.6 Å². The first-order chi connectivity index (χ1) is 19.0. The van der Waals surface area contributed by atoms with Crippen molar-refractivity contribution >= 4 is 17.5 Å². The summed E-state index contributed by atoms with van der Waals surface area (Å²) in [7, 11) is 1.60. The third-order valence-electron chi connectivity index (χ3n) is 6.97. The first-order valence-electron chi connectivity index (χ1n) is 12.9. The third kappa shape index (κ3) is 6.18. The van der Waals surface area contributed by atoms with Gasteiger partial charge in [-0.2, -0.15) is 5.10 Å². The fraction of sp³-hybridized carbons (Fsp3) is 0.345. The standard InChI is InChI=1S/C29H31FN4O5/c1-37-22-10-8-21(9-11-22)25-19-26(27-7-4-16-39-27)34(31-25)28(35)20-33(13-12-32-14-17-38-18-15-32)29(36)23-5-2-3-6-24(23)30/h2-11,16,26H,12-15,17-20H2,1H3/t26-/m1/s1. The molecular formula is C29H31FN4O5. The lowest BCUT2D eigenvalue weighted by molar-refractivity contribution is -0.134. The number of furan rings is 1. The molecule has 0 aliphatic carbocycles. The predicted molar refractivity (Wildman–Crippen MR) is 142 cm³/mol. The molecule has 1 fully saturated rings. The van der Waals surface area contributed by atoms with Gasteiger partial charge in [0.15, 0.2) is 0 Å². The van der Waals surface area contributed by atoms with Crippen LogP contribution in [0.3, 0.4) is 0 Å². The van der Waals surface area contributed by atoms with E-state index in [4.69, 9.17) is 13.9 Å². The highest BCUT2D eigenvalue weighted by Gasteiger charge is 2.36. The fourth-order valence-corrected chi connectivity index (χ4v) is 4.78. The van der Waals surface area contributed by atoms with Crippen LogP contribution in [0, 0.1) is 5.82 Å². The van der Waals surface area contributed by atoms with Gasteiger partial charge < -0.3 is 18.8 Å². The maximum Gasteiger partial charge on any atom is 0.262 e. The van der Waals surface area contributed by atoms with Gasteiger partial charge >= 0.3 is 0 Å². The number of hydrogen-bond acceptors (Lipinski definition) is 7. The minimum atomic E-state index is -0.624. The van der Waals surface area contributed by atoms with Crippen molar-refractivity contribution in [2.45, 2.75) is 12.5 Å². The molecule has 1 atom stereocenters. The molecule has 2 aliphatic heterocycles. The molecule has 0 radical (unpaired) electrons. The molecule has 204 valence electrons. The topological polar surface area (TPSA) is 87.8 Å². The number of nitrogens with zero attached hydrogens (tertiary/aromatic N) is 4. The van der Waals surface area contributed by atoms with E-state index in [0.717, 1.165) is 24.4 Å². The van der Waals surface area contributed by atoms with Gasteiger partial charge in [0.2, 0.25) is 0 Å². The Morgan fingerprint density at radius 3 is 2.54 bits per heavy atom. The Balaban J connectivity index is 1.39. The summed E-state index contributed by atoms with van der Waals surface area (Å²) in [6.07, 6.45) is 2.00. The number of ether oxygens (including phenoxy) is 2. The quantitative estimate of drug-likeness (QED) is 0.417. The average molecular weight is 535 g/mol. The van der Waals surface area contributed by atoms with E-state index >= 15 is 0 Å². The smallest absolute Gasteiger partial charge is 0.262 e. The Labute approximate surface area is 226 Å².